The van der Waals surface area contributed by atoms with Crippen molar-refractivity contribution < 1.29 is 0 Å². The lowest BCUT2D eigenvalue weighted by Gasteiger charge is -2.28. The van der Waals surface area contributed by atoms with Crippen LogP contribution in [0.1, 0.15) is 5.56 Å². The van der Waals surface area contributed by atoms with Gasteiger partial charge in [0.25, 0.3) is 0 Å². The van der Waals surface area contributed by atoms with E-state index in [9.17, 15) is 11.8 Å². The predicted octanol–water partition coefficient (Wildman–Crippen LogP) is 17.6. The number of nitrogens with zero attached hydrogens (tertiary/aromatic N) is 7. The molecule has 0 N–H and O–H groups in total. The fourth-order valence-electron chi connectivity index (χ4n) is 12.8. The first-order valence-corrected chi connectivity index (χ1v) is 25.2. The number of para-hydroxylation sites is 9. The molecular formula is C68H39N7. The summed E-state index contributed by atoms with van der Waals surface area (Å²) >= 11 is 0. The van der Waals surface area contributed by atoms with Gasteiger partial charge in [-0.25, -0.2) is 4.85 Å². The number of hydrogen-bond acceptors (Lipinski definition) is 1. The van der Waals surface area contributed by atoms with Crippen molar-refractivity contribution in [2.75, 3.05) is 0 Å². The van der Waals surface area contributed by atoms with Crippen LogP contribution in [0.2, 0.25) is 0 Å². The lowest BCUT2D eigenvalue weighted by atomic mass is 10.0. The van der Waals surface area contributed by atoms with Gasteiger partial charge in [0.05, 0.1) is 96.1 Å². The second-order valence-electron chi connectivity index (χ2n) is 19.3. The third-order valence-electron chi connectivity index (χ3n) is 15.7. The van der Waals surface area contributed by atoms with E-state index in [4.69, 9.17) is 0 Å². The number of hydrogen-bond donors (Lipinski definition) is 0. The van der Waals surface area contributed by atoms with Crippen LogP contribution >= 0.6 is 0 Å². The van der Waals surface area contributed by atoms with Gasteiger partial charge in [0, 0.05) is 59.5 Å². The fourth-order valence-corrected chi connectivity index (χ4v) is 12.8. The monoisotopic (exact) mass is 953 g/mol. The highest BCUT2D eigenvalue weighted by molar-refractivity contribution is 6.25. The summed E-state index contributed by atoms with van der Waals surface area (Å²) in [6.07, 6.45) is 0. The molecule has 7 heteroatoms. The standard InChI is InChI=1S/C68H39N7/c1-70-62-53(41-69)65(72-55-32-14-5-23-43(55)44-24-6-15-33-56(44)72)67(75-61-38-20-12-30-50(61)52-40-39-51-49-29-11-13-31-54(49)71(63(51)64(52)75)42-21-3-2-4-22-42)68(74-59-36-18-9-27-47(59)48-28-10-19-37-60(48)74)66(62)73-57-34-16-7-25-45(57)46-26-8-17-35-58(46)73/h2-40H. The molecule has 0 atom stereocenters. The van der Waals surface area contributed by atoms with Gasteiger partial charge < -0.3 is 22.8 Å². The van der Waals surface area contributed by atoms with Gasteiger partial charge in [-0.05, 0) is 60.7 Å². The summed E-state index contributed by atoms with van der Waals surface area (Å²) in [5.74, 6) is 0. The summed E-state index contributed by atoms with van der Waals surface area (Å²) in [4.78, 5) is 4.62. The van der Waals surface area contributed by atoms with Gasteiger partial charge in [0.1, 0.15) is 0 Å². The summed E-state index contributed by atoms with van der Waals surface area (Å²) in [5.41, 5.74) is 14.0. The van der Waals surface area contributed by atoms with E-state index < -0.39 is 0 Å². The maximum Gasteiger partial charge on any atom is 0.232 e. The van der Waals surface area contributed by atoms with Gasteiger partial charge in [-0.15, -0.1) is 0 Å². The van der Waals surface area contributed by atoms with Crippen LogP contribution in [0, 0.1) is 17.9 Å². The topological polar surface area (TPSA) is 52.8 Å². The Balaban J connectivity index is 1.28. The molecule has 16 aromatic rings. The molecular weight excluding hydrogens is 915 g/mol. The quantitative estimate of drug-likeness (QED) is 0.159. The van der Waals surface area contributed by atoms with Gasteiger partial charge in [-0.2, -0.15) is 5.26 Å². The molecule has 0 radical (unpaired) electrons. The molecule has 0 bridgehead atoms. The Morgan fingerprint density at radius 1 is 0.280 bits per heavy atom. The molecule has 7 nitrogen and oxygen atoms in total. The van der Waals surface area contributed by atoms with Crippen molar-refractivity contribution in [3.8, 4) is 34.5 Å². The number of nitriles is 1. The third kappa shape index (κ3) is 5.40. The molecule has 0 saturated heterocycles. The molecule has 0 amide bonds. The van der Waals surface area contributed by atoms with Crippen molar-refractivity contribution in [3.05, 3.63) is 254 Å². The Morgan fingerprint density at radius 3 is 0.933 bits per heavy atom. The van der Waals surface area contributed by atoms with Crippen LogP contribution in [0.15, 0.2) is 237 Å². The van der Waals surface area contributed by atoms with E-state index in [1.54, 1.807) is 0 Å². The molecule has 5 heterocycles. The lowest BCUT2D eigenvalue weighted by molar-refractivity contribution is 1.02. The van der Waals surface area contributed by atoms with Crippen molar-refractivity contribution in [2.24, 2.45) is 0 Å². The molecule has 11 aromatic carbocycles. The Labute approximate surface area is 428 Å². The maximum absolute atomic E-state index is 12.4. The highest BCUT2D eigenvalue weighted by Gasteiger charge is 2.35. The molecule has 0 aliphatic rings. The zero-order valence-electron chi connectivity index (χ0n) is 40.1. The molecule has 16 rings (SSSR count). The van der Waals surface area contributed by atoms with Gasteiger partial charge in [0.2, 0.25) is 5.69 Å². The minimum absolute atomic E-state index is 0.255. The molecule has 0 fully saturated rings. The Hall–Kier alpha value is -10.6. The minimum atomic E-state index is 0.255. The van der Waals surface area contributed by atoms with Gasteiger partial charge in [-0.3, -0.25) is 0 Å². The average molecular weight is 954 g/mol. The SMILES string of the molecule is [C-]#[N+]c1c(C#N)c(-n2c3ccccc3c3ccccc32)c(-n2c3ccccc3c3ccc4c5ccccc5n(-c5ccccc5)c4c32)c(-n2c3ccccc3c3ccccc32)c1-n1c2ccccc2c2ccccc21. The summed E-state index contributed by atoms with van der Waals surface area (Å²) in [5, 5.41) is 23.1. The van der Waals surface area contributed by atoms with Gasteiger partial charge >= 0.3 is 0 Å². The number of fused-ring (bicyclic) bond motifs is 16. The van der Waals surface area contributed by atoms with Crippen LogP contribution in [0.5, 0.6) is 0 Å². The largest absolute Gasteiger partial charge is 0.317 e. The number of aromatic nitrogens is 5. The number of benzene rings is 11. The second-order valence-corrected chi connectivity index (χ2v) is 19.3. The van der Waals surface area contributed by atoms with E-state index in [0.29, 0.717) is 11.4 Å². The zero-order valence-corrected chi connectivity index (χ0v) is 40.1. The minimum Gasteiger partial charge on any atom is -0.317 e. The summed E-state index contributed by atoms with van der Waals surface area (Å²) < 4.78 is 11.8. The van der Waals surface area contributed by atoms with Crippen LogP contribution in [-0.2, 0) is 0 Å². The van der Waals surface area contributed by atoms with Crippen LogP contribution < -0.4 is 0 Å². The van der Waals surface area contributed by atoms with Crippen molar-refractivity contribution in [1.29, 1.82) is 5.26 Å². The third-order valence-corrected chi connectivity index (χ3v) is 15.7. The first-order valence-electron chi connectivity index (χ1n) is 25.2. The predicted molar refractivity (Wildman–Crippen MR) is 309 cm³/mol. The normalized spacial score (nSPS) is 12.0. The zero-order chi connectivity index (χ0) is 49.5. The molecule has 0 unspecified atom stereocenters. The van der Waals surface area contributed by atoms with E-state index >= 15 is 0 Å². The first-order chi connectivity index (χ1) is 37.2. The van der Waals surface area contributed by atoms with Crippen molar-refractivity contribution in [3.63, 3.8) is 0 Å². The van der Waals surface area contributed by atoms with E-state index in [-0.39, 0.29) is 11.3 Å². The molecule has 0 saturated carbocycles. The van der Waals surface area contributed by atoms with Crippen molar-refractivity contribution in [1.82, 2.24) is 22.8 Å². The summed E-state index contributed by atoms with van der Waals surface area (Å²) in [6.45, 7) is 9.58. The Bertz CT molecular complexity index is 5060. The van der Waals surface area contributed by atoms with Crippen LogP contribution in [0.4, 0.5) is 5.69 Å². The second kappa shape index (κ2) is 15.5. The summed E-state index contributed by atoms with van der Waals surface area (Å²) in [7, 11) is 0. The molecule has 75 heavy (non-hydrogen) atoms. The molecule has 0 aliphatic carbocycles. The van der Waals surface area contributed by atoms with Crippen molar-refractivity contribution in [2.45, 2.75) is 0 Å². The maximum atomic E-state index is 12.4. The summed E-state index contributed by atoms with van der Waals surface area (Å²) in [6, 6.07) is 86.4. The van der Waals surface area contributed by atoms with E-state index in [2.05, 4.69) is 270 Å². The van der Waals surface area contributed by atoms with E-state index in [0.717, 1.165) is 126 Å². The van der Waals surface area contributed by atoms with Crippen LogP contribution in [0.3, 0.4) is 0 Å². The van der Waals surface area contributed by atoms with Crippen molar-refractivity contribution >= 4 is 115 Å². The first kappa shape index (κ1) is 41.1. The highest BCUT2D eigenvalue weighted by atomic mass is 15.2. The highest BCUT2D eigenvalue weighted by Crippen LogP contribution is 2.52. The fraction of sp³-hybridized carbons (Fsp3) is 0. The van der Waals surface area contributed by atoms with Gasteiger partial charge in [0.15, 0.2) is 0 Å². The molecule has 0 spiro atoms. The molecule has 5 aromatic heterocycles. The Morgan fingerprint density at radius 2 is 0.560 bits per heavy atom. The number of rotatable bonds is 5. The smallest absolute Gasteiger partial charge is 0.232 e. The molecule has 0 aliphatic heterocycles. The lowest BCUT2D eigenvalue weighted by Crippen LogP contribution is -2.15. The average Bonchev–Trinajstić information content (AvgIpc) is 4.28. The Kier molecular flexibility index (Phi) is 8.46. The van der Waals surface area contributed by atoms with Gasteiger partial charge in [-0.1, -0.05) is 176 Å². The van der Waals surface area contributed by atoms with E-state index in [1.807, 2.05) is 0 Å². The van der Waals surface area contributed by atoms with Crippen LogP contribution in [0.25, 0.3) is 142 Å². The molecule has 346 valence electrons. The van der Waals surface area contributed by atoms with Crippen LogP contribution in [-0.4, -0.2) is 22.8 Å². The van der Waals surface area contributed by atoms with E-state index in [1.165, 1.54) is 0 Å².